The maximum Gasteiger partial charge on any atom is 0.387 e. The predicted molar refractivity (Wildman–Crippen MR) is 98.1 cm³/mol. The third kappa shape index (κ3) is 5.56. The van der Waals surface area contributed by atoms with Crippen LogP contribution in [0.5, 0.6) is 11.5 Å². The van der Waals surface area contributed by atoms with Crippen LogP contribution in [0.15, 0.2) is 61.1 Å². The van der Waals surface area contributed by atoms with Crippen molar-refractivity contribution >= 4 is 5.82 Å². The number of anilines is 1. The van der Waals surface area contributed by atoms with Crippen molar-refractivity contribution in [2.75, 3.05) is 5.73 Å². The zero-order chi connectivity index (χ0) is 20.8. The van der Waals surface area contributed by atoms with E-state index in [0.717, 1.165) is 11.1 Å². The molecule has 0 aliphatic heterocycles. The first-order chi connectivity index (χ1) is 13.9. The third-order valence-electron chi connectivity index (χ3n) is 4.20. The average molecular weight is 407 g/mol. The van der Waals surface area contributed by atoms with Gasteiger partial charge in [-0.05, 0) is 53.4 Å². The number of aromatic nitrogens is 2. The zero-order valence-corrected chi connectivity index (χ0v) is 15.0. The third-order valence-corrected chi connectivity index (χ3v) is 4.20. The number of alkyl halides is 4. The summed E-state index contributed by atoms with van der Waals surface area (Å²) >= 11 is 0. The lowest BCUT2D eigenvalue weighted by molar-refractivity contribution is -0.0692. The van der Waals surface area contributed by atoms with E-state index in [0.29, 0.717) is 17.8 Å². The van der Waals surface area contributed by atoms with Crippen molar-refractivity contribution in [1.82, 2.24) is 9.97 Å². The molecule has 0 fully saturated rings. The van der Waals surface area contributed by atoms with Gasteiger partial charge in [-0.3, -0.25) is 4.98 Å². The number of rotatable bonds is 8. The van der Waals surface area contributed by atoms with Crippen LogP contribution in [0.1, 0.15) is 22.6 Å². The minimum absolute atomic E-state index is 0.328. The average Bonchev–Trinajstić information content (AvgIpc) is 2.68. The second-order valence-electron chi connectivity index (χ2n) is 6.09. The summed E-state index contributed by atoms with van der Waals surface area (Å²) < 4.78 is 59.5. The molecule has 29 heavy (non-hydrogen) atoms. The Bertz CT molecular complexity index is 925. The number of halogens is 4. The van der Waals surface area contributed by atoms with Gasteiger partial charge in [0.05, 0.1) is 0 Å². The van der Waals surface area contributed by atoms with E-state index >= 15 is 0 Å². The summed E-state index contributed by atoms with van der Waals surface area (Å²) in [5.41, 5.74) is 7.92. The molecule has 152 valence electrons. The highest BCUT2D eigenvalue weighted by molar-refractivity contribution is 5.47. The highest BCUT2D eigenvalue weighted by Gasteiger charge is 2.21. The Morgan fingerprint density at radius 2 is 1.48 bits per heavy atom. The fourth-order valence-electron chi connectivity index (χ4n) is 2.93. The van der Waals surface area contributed by atoms with Crippen molar-refractivity contribution < 1.29 is 27.0 Å². The van der Waals surface area contributed by atoms with E-state index in [-0.39, 0.29) is 5.92 Å². The first-order valence-corrected chi connectivity index (χ1v) is 8.56. The maximum absolute atomic E-state index is 12.8. The number of nitrogens with two attached hydrogens (primary N) is 1. The number of pyridine rings is 2. The largest absolute Gasteiger partial charge is 0.431 e. The van der Waals surface area contributed by atoms with Crippen LogP contribution in [0.4, 0.5) is 23.4 Å². The first kappa shape index (κ1) is 20.4. The monoisotopic (exact) mass is 407 g/mol. The van der Waals surface area contributed by atoms with Gasteiger partial charge in [-0.15, -0.1) is 0 Å². The Labute approximate surface area is 164 Å². The van der Waals surface area contributed by atoms with Gasteiger partial charge in [0.2, 0.25) is 0 Å². The van der Waals surface area contributed by atoms with Crippen molar-refractivity contribution in [1.29, 1.82) is 0 Å². The fraction of sp³-hybridized carbons (Fsp3) is 0.200. The molecular formula is C20H17F4N3O2. The summed E-state index contributed by atoms with van der Waals surface area (Å²) in [6.45, 7) is -6.36. The molecule has 1 atom stereocenters. The van der Waals surface area contributed by atoms with Crippen LogP contribution in [0.25, 0.3) is 0 Å². The minimum Gasteiger partial charge on any atom is -0.431 e. The van der Waals surface area contributed by atoms with E-state index < -0.39 is 24.7 Å². The van der Waals surface area contributed by atoms with E-state index in [4.69, 9.17) is 5.73 Å². The van der Waals surface area contributed by atoms with Gasteiger partial charge in [0.25, 0.3) is 0 Å². The van der Waals surface area contributed by atoms with Crippen molar-refractivity contribution in [2.24, 2.45) is 0 Å². The van der Waals surface area contributed by atoms with Gasteiger partial charge >= 0.3 is 13.2 Å². The molecule has 1 unspecified atom stereocenters. The molecule has 0 radical (unpaired) electrons. The van der Waals surface area contributed by atoms with Crippen molar-refractivity contribution in [3.63, 3.8) is 0 Å². The minimum atomic E-state index is -3.19. The Morgan fingerprint density at radius 1 is 0.828 bits per heavy atom. The molecule has 1 aromatic carbocycles. The van der Waals surface area contributed by atoms with E-state index in [1.807, 2.05) is 12.1 Å². The number of nitrogen functional groups attached to an aromatic ring is 1. The van der Waals surface area contributed by atoms with Gasteiger partial charge in [-0.2, -0.15) is 17.6 Å². The van der Waals surface area contributed by atoms with Gasteiger partial charge in [0, 0.05) is 24.5 Å². The zero-order valence-electron chi connectivity index (χ0n) is 15.0. The lowest BCUT2D eigenvalue weighted by Gasteiger charge is -2.20. The molecule has 2 N–H and O–H groups in total. The lowest BCUT2D eigenvalue weighted by Crippen LogP contribution is -2.10. The second kappa shape index (κ2) is 9.22. The van der Waals surface area contributed by atoms with Crippen LogP contribution in [0, 0.1) is 0 Å². The lowest BCUT2D eigenvalue weighted by atomic mass is 9.87. The van der Waals surface area contributed by atoms with E-state index in [2.05, 4.69) is 19.4 Å². The van der Waals surface area contributed by atoms with Gasteiger partial charge in [0.1, 0.15) is 5.82 Å². The summed E-state index contributed by atoms with van der Waals surface area (Å²) in [6, 6.07) is 11.0. The fourth-order valence-corrected chi connectivity index (χ4v) is 2.93. The molecule has 0 saturated heterocycles. The molecule has 3 rings (SSSR count). The SMILES string of the molecule is Nc1ccc(C(Cc2ccncc2)c2ccc(OC(F)F)c(OC(F)F)c2)cn1. The van der Waals surface area contributed by atoms with Crippen LogP contribution in [-0.2, 0) is 6.42 Å². The highest BCUT2D eigenvalue weighted by Crippen LogP contribution is 2.36. The number of benzene rings is 1. The molecule has 0 aliphatic carbocycles. The topological polar surface area (TPSA) is 70.3 Å². The summed E-state index contributed by atoms with van der Waals surface area (Å²) in [5.74, 6) is -0.937. The Morgan fingerprint density at radius 3 is 2.10 bits per heavy atom. The molecular weight excluding hydrogens is 390 g/mol. The maximum atomic E-state index is 12.8. The van der Waals surface area contributed by atoms with Gasteiger partial charge in [0.15, 0.2) is 11.5 Å². The van der Waals surface area contributed by atoms with Crippen LogP contribution < -0.4 is 15.2 Å². The molecule has 2 heterocycles. The molecule has 3 aromatic rings. The number of ether oxygens (including phenoxy) is 2. The summed E-state index contributed by atoms with van der Waals surface area (Å²) in [6.07, 6.45) is 5.34. The molecule has 0 bridgehead atoms. The smallest absolute Gasteiger partial charge is 0.387 e. The Kier molecular flexibility index (Phi) is 6.48. The Hall–Kier alpha value is -3.36. The van der Waals surface area contributed by atoms with Gasteiger partial charge in [-0.1, -0.05) is 12.1 Å². The number of hydrogen-bond donors (Lipinski definition) is 1. The molecule has 0 saturated carbocycles. The first-order valence-electron chi connectivity index (χ1n) is 8.56. The van der Waals surface area contributed by atoms with Crippen molar-refractivity contribution in [3.8, 4) is 11.5 Å². The summed E-state index contributed by atoms with van der Waals surface area (Å²) in [5, 5.41) is 0. The van der Waals surface area contributed by atoms with E-state index in [1.165, 1.54) is 18.2 Å². The normalized spacial score (nSPS) is 12.2. The quantitative estimate of drug-likeness (QED) is 0.551. The molecule has 0 spiro atoms. The van der Waals surface area contributed by atoms with E-state index in [1.54, 1.807) is 30.7 Å². The van der Waals surface area contributed by atoms with Gasteiger partial charge < -0.3 is 15.2 Å². The number of hydrogen-bond acceptors (Lipinski definition) is 5. The molecule has 0 aliphatic rings. The molecule has 0 amide bonds. The number of nitrogens with zero attached hydrogens (tertiary/aromatic N) is 2. The van der Waals surface area contributed by atoms with Crippen LogP contribution in [-0.4, -0.2) is 23.2 Å². The summed E-state index contributed by atoms with van der Waals surface area (Å²) in [4.78, 5) is 8.06. The van der Waals surface area contributed by atoms with Crippen LogP contribution in [0.3, 0.4) is 0 Å². The molecule has 5 nitrogen and oxygen atoms in total. The molecule has 9 heteroatoms. The van der Waals surface area contributed by atoms with Crippen molar-refractivity contribution in [3.05, 3.63) is 77.7 Å². The standard InChI is InChI=1S/C20H17F4N3O2/c21-19(22)28-16-3-1-13(10-17(16)29-20(23)24)15(9-12-5-7-26-8-6-12)14-2-4-18(25)27-11-14/h1-8,10-11,15,19-20H,9H2,(H2,25,27). The van der Waals surface area contributed by atoms with Gasteiger partial charge in [-0.25, -0.2) is 4.98 Å². The summed E-state index contributed by atoms with van der Waals surface area (Å²) in [7, 11) is 0. The van der Waals surface area contributed by atoms with E-state index in [9.17, 15) is 17.6 Å². The van der Waals surface area contributed by atoms with Crippen LogP contribution in [0.2, 0.25) is 0 Å². The predicted octanol–water partition coefficient (Wildman–Crippen LogP) is 4.64. The highest BCUT2D eigenvalue weighted by atomic mass is 19.3. The van der Waals surface area contributed by atoms with Crippen molar-refractivity contribution in [2.45, 2.75) is 25.6 Å². The molecule has 2 aromatic heterocycles. The van der Waals surface area contributed by atoms with Crippen LogP contribution >= 0.6 is 0 Å². The second-order valence-corrected chi connectivity index (χ2v) is 6.09. The Balaban J connectivity index is 2.02.